The number of carbonyl (C=O) groups is 1. The average Bonchev–Trinajstić information content (AvgIpc) is 2.53. The van der Waals surface area contributed by atoms with Crippen molar-refractivity contribution in [1.82, 2.24) is 0 Å². The van der Waals surface area contributed by atoms with Crippen LogP contribution in [0.1, 0.15) is 40.9 Å². The number of allylic oxidation sites excluding steroid dienone is 1. The molecule has 0 aliphatic heterocycles. The van der Waals surface area contributed by atoms with E-state index in [1.54, 1.807) is 19.1 Å². The zero-order valence-electron chi connectivity index (χ0n) is 13.8. The molecule has 5 nitrogen and oxygen atoms in total. The molecule has 2 aromatic carbocycles. The van der Waals surface area contributed by atoms with Crippen LogP contribution in [0.5, 0.6) is 17.2 Å². The maximum absolute atomic E-state index is 12.3. The van der Waals surface area contributed by atoms with Gasteiger partial charge in [0.15, 0.2) is 5.78 Å². The predicted octanol–water partition coefficient (Wildman–Crippen LogP) is 3.70. The molecule has 0 heterocycles. The van der Waals surface area contributed by atoms with Crippen LogP contribution < -0.4 is 0 Å². The van der Waals surface area contributed by atoms with Crippen LogP contribution in [0.2, 0.25) is 0 Å². The van der Waals surface area contributed by atoms with Crippen molar-refractivity contribution < 1.29 is 25.2 Å². The normalized spacial score (nSPS) is 12.2. The lowest BCUT2D eigenvalue weighted by Gasteiger charge is -2.16. The first-order valence-corrected chi connectivity index (χ1v) is 7.68. The van der Waals surface area contributed by atoms with Gasteiger partial charge in [0.2, 0.25) is 0 Å². The molecule has 25 heavy (non-hydrogen) atoms. The Bertz CT molecular complexity index is 819. The summed E-state index contributed by atoms with van der Waals surface area (Å²) in [5.74, 6) is -1.09. The van der Waals surface area contributed by atoms with Crippen molar-refractivity contribution in [3.63, 3.8) is 0 Å². The van der Waals surface area contributed by atoms with E-state index in [1.165, 1.54) is 36.4 Å². The zero-order chi connectivity index (χ0) is 18.6. The maximum atomic E-state index is 12.3. The fourth-order valence-corrected chi connectivity index (χ4v) is 2.40. The molecule has 130 valence electrons. The van der Waals surface area contributed by atoms with Gasteiger partial charge < -0.3 is 20.4 Å². The summed E-state index contributed by atoms with van der Waals surface area (Å²) in [5, 5.41) is 39.6. The van der Waals surface area contributed by atoms with Gasteiger partial charge in [-0.2, -0.15) is 0 Å². The highest BCUT2D eigenvalue weighted by Crippen LogP contribution is 2.38. The topological polar surface area (TPSA) is 98.0 Å². The quantitative estimate of drug-likeness (QED) is 0.365. The maximum Gasteiger partial charge on any atom is 0.189 e. The lowest BCUT2D eigenvalue weighted by atomic mass is 9.96. The SMILES string of the molecule is C=C(C)CC(O)c1c(O)ccc(C(=O)/C=C/c2ccc(O)cc2)c1O. The van der Waals surface area contributed by atoms with Gasteiger partial charge in [-0.25, -0.2) is 0 Å². The number of benzene rings is 2. The van der Waals surface area contributed by atoms with E-state index in [9.17, 15) is 25.2 Å². The Labute approximate surface area is 145 Å². The van der Waals surface area contributed by atoms with Gasteiger partial charge in [0.25, 0.3) is 0 Å². The molecule has 0 aromatic heterocycles. The summed E-state index contributed by atoms with van der Waals surface area (Å²) in [6, 6.07) is 8.82. The third-order valence-electron chi connectivity index (χ3n) is 3.65. The molecule has 0 saturated carbocycles. The van der Waals surface area contributed by atoms with E-state index in [2.05, 4.69) is 6.58 Å². The van der Waals surface area contributed by atoms with Crippen LogP contribution in [0.25, 0.3) is 6.08 Å². The Hall–Kier alpha value is -3.05. The molecular formula is C20H20O5. The highest BCUT2D eigenvalue weighted by molar-refractivity contribution is 6.09. The summed E-state index contributed by atoms with van der Waals surface area (Å²) in [6.45, 7) is 5.40. The molecule has 0 amide bonds. The average molecular weight is 340 g/mol. The second kappa shape index (κ2) is 7.68. The van der Waals surface area contributed by atoms with Crippen molar-refractivity contribution in [2.75, 3.05) is 0 Å². The van der Waals surface area contributed by atoms with Gasteiger partial charge in [-0.15, -0.1) is 6.58 Å². The molecular weight excluding hydrogens is 320 g/mol. The Morgan fingerprint density at radius 1 is 1.12 bits per heavy atom. The summed E-state index contributed by atoms with van der Waals surface area (Å²) < 4.78 is 0. The summed E-state index contributed by atoms with van der Waals surface area (Å²) in [4.78, 5) is 12.3. The molecule has 0 saturated heterocycles. The summed E-state index contributed by atoms with van der Waals surface area (Å²) in [7, 11) is 0. The van der Waals surface area contributed by atoms with E-state index < -0.39 is 17.6 Å². The van der Waals surface area contributed by atoms with Gasteiger partial charge in [0, 0.05) is 0 Å². The minimum Gasteiger partial charge on any atom is -0.508 e. The molecule has 0 aliphatic carbocycles. The van der Waals surface area contributed by atoms with Crippen LogP contribution in [0, 0.1) is 0 Å². The molecule has 2 rings (SSSR count). The van der Waals surface area contributed by atoms with Gasteiger partial charge in [0.1, 0.15) is 17.2 Å². The van der Waals surface area contributed by atoms with Crippen LogP contribution in [0.15, 0.2) is 54.6 Å². The lowest BCUT2D eigenvalue weighted by Crippen LogP contribution is -2.03. The second-order valence-corrected chi connectivity index (χ2v) is 5.86. The van der Waals surface area contributed by atoms with Crippen molar-refractivity contribution in [3.8, 4) is 17.2 Å². The van der Waals surface area contributed by atoms with Crippen LogP contribution in [0.4, 0.5) is 0 Å². The predicted molar refractivity (Wildman–Crippen MR) is 95.6 cm³/mol. The van der Waals surface area contributed by atoms with Gasteiger partial charge in [0.05, 0.1) is 17.2 Å². The number of phenols is 3. The van der Waals surface area contributed by atoms with Crippen LogP contribution in [0.3, 0.4) is 0 Å². The summed E-state index contributed by atoms with van der Waals surface area (Å²) in [5.41, 5.74) is 1.26. The van der Waals surface area contributed by atoms with Gasteiger partial charge >= 0.3 is 0 Å². The molecule has 1 unspecified atom stereocenters. The first-order valence-electron chi connectivity index (χ1n) is 7.68. The van der Waals surface area contributed by atoms with Gasteiger partial charge in [-0.1, -0.05) is 23.8 Å². The molecule has 1 atom stereocenters. The summed E-state index contributed by atoms with van der Waals surface area (Å²) in [6.07, 6.45) is 1.81. The Balaban J connectivity index is 2.31. The fourth-order valence-electron chi connectivity index (χ4n) is 2.40. The minimum absolute atomic E-state index is 0.0245. The number of aliphatic hydroxyl groups is 1. The monoisotopic (exact) mass is 340 g/mol. The highest BCUT2D eigenvalue weighted by atomic mass is 16.3. The van der Waals surface area contributed by atoms with E-state index in [4.69, 9.17) is 0 Å². The van der Waals surface area contributed by atoms with Crippen LogP contribution in [-0.4, -0.2) is 26.2 Å². The number of hydrogen-bond donors (Lipinski definition) is 4. The third kappa shape index (κ3) is 4.49. The molecule has 4 N–H and O–H groups in total. The Morgan fingerprint density at radius 3 is 2.36 bits per heavy atom. The molecule has 5 heteroatoms. The van der Waals surface area contributed by atoms with Crippen LogP contribution >= 0.6 is 0 Å². The Kier molecular flexibility index (Phi) is 5.62. The van der Waals surface area contributed by atoms with Crippen LogP contribution in [-0.2, 0) is 0 Å². The van der Waals surface area contributed by atoms with Crippen molar-refractivity contribution in [2.45, 2.75) is 19.4 Å². The van der Waals surface area contributed by atoms with Gasteiger partial charge in [-0.05, 0) is 49.2 Å². The fraction of sp³-hybridized carbons (Fsp3) is 0.150. The minimum atomic E-state index is -1.16. The number of phenolic OH excluding ortho intramolecular Hbond substituents is 3. The largest absolute Gasteiger partial charge is 0.508 e. The summed E-state index contributed by atoms with van der Waals surface area (Å²) >= 11 is 0. The van der Waals surface area contributed by atoms with Crippen molar-refractivity contribution in [3.05, 3.63) is 71.3 Å². The number of hydrogen-bond acceptors (Lipinski definition) is 5. The van der Waals surface area contributed by atoms with E-state index in [0.717, 1.165) is 0 Å². The second-order valence-electron chi connectivity index (χ2n) is 5.86. The molecule has 0 bridgehead atoms. The number of rotatable bonds is 6. The number of aliphatic hydroxyl groups excluding tert-OH is 1. The van der Waals surface area contributed by atoms with Crippen molar-refractivity contribution >= 4 is 11.9 Å². The first-order chi connectivity index (χ1) is 11.8. The molecule has 0 spiro atoms. The third-order valence-corrected chi connectivity index (χ3v) is 3.65. The van der Waals surface area contributed by atoms with Crippen molar-refractivity contribution in [1.29, 1.82) is 0 Å². The number of aromatic hydroxyl groups is 3. The zero-order valence-corrected chi connectivity index (χ0v) is 13.8. The molecule has 0 fully saturated rings. The molecule has 0 aliphatic rings. The smallest absolute Gasteiger partial charge is 0.189 e. The van der Waals surface area contributed by atoms with Crippen molar-refractivity contribution in [2.24, 2.45) is 0 Å². The number of ketones is 1. The standard InChI is InChI=1S/C20H20O5/c1-12(2)11-18(24)19-17(23)10-8-15(20(19)25)16(22)9-5-13-3-6-14(21)7-4-13/h3-10,18,21,23-25H,1,11H2,2H3/b9-5+. The lowest BCUT2D eigenvalue weighted by molar-refractivity contribution is 0.104. The number of carbonyl (C=O) groups excluding carboxylic acids is 1. The van der Waals surface area contributed by atoms with E-state index in [0.29, 0.717) is 11.1 Å². The van der Waals surface area contributed by atoms with E-state index in [1.807, 2.05) is 0 Å². The molecule has 0 radical (unpaired) electrons. The highest BCUT2D eigenvalue weighted by Gasteiger charge is 2.22. The Morgan fingerprint density at radius 2 is 1.76 bits per heavy atom. The van der Waals surface area contributed by atoms with E-state index in [-0.39, 0.29) is 29.0 Å². The van der Waals surface area contributed by atoms with E-state index >= 15 is 0 Å². The first kappa shape index (κ1) is 18.3. The van der Waals surface area contributed by atoms with Gasteiger partial charge in [-0.3, -0.25) is 4.79 Å². The molecule has 2 aromatic rings.